The van der Waals surface area contributed by atoms with E-state index in [4.69, 9.17) is 16.9 Å². The van der Waals surface area contributed by atoms with Gasteiger partial charge >= 0.3 is 0 Å². The van der Waals surface area contributed by atoms with Gasteiger partial charge in [-0.1, -0.05) is 36.7 Å². The van der Waals surface area contributed by atoms with Gasteiger partial charge in [0.2, 0.25) is 0 Å². The standard InChI is InChI=1S/C11H12ClNO/c1-8(6-7-13)11(14)9-4-2-3-5-10(9)12/h2-5,8,11,14H,6H2,1H3. The van der Waals surface area contributed by atoms with Crippen LogP contribution in [0.4, 0.5) is 0 Å². The van der Waals surface area contributed by atoms with Crippen molar-refractivity contribution in [2.45, 2.75) is 19.4 Å². The summed E-state index contributed by atoms with van der Waals surface area (Å²) in [4.78, 5) is 0. The predicted molar refractivity (Wildman–Crippen MR) is 55.8 cm³/mol. The average molecular weight is 210 g/mol. The highest BCUT2D eigenvalue weighted by Gasteiger charge is 2.17. The zero-order chi connectivity index (χ0) is 10.6. The number of hydrogen-bond donors (Lipinski definition) is 1. The maximum Gasteiger partial charge on any atom is 0.0839 e. The Morgan fingerprint density at radius 3 is 2.71 bits per heavy atom. The van der Waals surface area contributed by atoms with E-state index in [1.54, 1.807) is 12.1 Å². The predicted octanol–water partition coefficient (Wildman–Crippen LogP) is 2.92. The molecule has 74 valence electrons. The third-order valence-electron chi connectivity index (χ3n) is 2.18. The summed E-state index contributed by atoms with van der Waals surface area (Å²) >= 11 is 5.92. The molecule has 0 saturated heterocycles. The van der Waals surface area contributed by atoms with Crippen LogP contribution in [0.3, 0.4) is 0 Å². The second-order valence-electron chi connectivity index (χ2n) is 3.31. The Morgan fingerprint density at radius 2 is 2.14 bits per heavy atom. The summed E-state index contributed by atoms with van der Waals surface area (Å²) in [6.45, 7) is 1.83. The van der Waals surface area contributed by atoms with Crippen molar-refractivity contribution < 1.29 is 5.11 Å². The molecule has 2 atom stereocenters. The van der Waals surface area contributed by atoms with Gasteiger partial charge in [-0.2, -0.15) is 5.26 Å². The van der Waals surface area contributed by atoms with E-state index in [9.17, 15) is 5.11 Å². The van der Waals surface area contributed by atoms with E-state index in [0.717, 1.165) is 0 Å². The zero-order valence-corrected chi connectivity index (χ0v) is 8.70. The van der Waals surface area contributed by atoms with E-state index < -0.39 is 6.10 Å². The van der Waals surface area contributed by atoms with Gasteiger partial charge in [-0.15, -0.1) is 0 Å². The molecule has 1 N–H and O–H groups in total. The van der Waals surface area contributed by atoms with Gasteiger partial charge in [-0.25, -0.2) is 0 Å². The third kappa shape index (κ3) is 2.47. The molecule has 0 aliphatic carbocycles. The zero-order valence-electron chi connectivity index (χ0n) is 7.94. The van der Waals surface area contributed by atoms with Crippen molar-refractivity contribution in [3.63, 3.8) is 0 Å². The Labute approximate surface area is 88.7 Å². The van der Waals surface area contributed by atoms with Crippen molar-refractivity contribution in [1.82, 2.24) is 0 Å². The summed E-state index contributed by atoms with van der Waals surface area (Å²) in [6.07, 6.45) is -0.338. The van der Waals surface area contributed by atoms with Crippen molar-refractivity contribution >= 4 is 11.6 Å². The topological polar surface area (TPSA) is 44.0 Å². The minimum atomic E-state index is -0.664. The van der Waals surface area contributed by atoms with Crippen LogP contribution in [0, 0.1) is 17.2 Å². The van der Waals surface area contributed by atoms with Crippen LogP contribution in [-0.4, -0.2) is 5.11 Å². The first-order chi connectivity index (χ1) is 6.66. The number of nitrogens with zero attached hydrogens (tertiary/aromatic N) is 1. The van der Waals surface area contributed by atoms with Crippen LogP contribution in [0.15, 0.2) is 24.3 Å². The molecule has 2 nitrogen and oxygen atoms in total. The second kappa shape index (κ2) is 4.99. The van der Waals surface area contributed by atoms with Crippen molar-refractivity contribution in [3.8, 4) is 6.07 Å². The smallest absolute Gasteiger partial charge is 0.0839 e. The first-order valence-corrected chi connectivity index (χ1v) is 4.84. The molecule has 3 heteroatoms. The lowest BCUT2D eigenvalue weighted by Crippen LogP contribution is -2.08. The van der Waals surface area contributed by atoms with Crippen molar-refractivity contribution in [2.75, 3.05) is 0 Å². The van der Waals surface area contributed by atoms with Gasteiger partial charge in [0.15, 0.2) is 0 Å². The molecule has 0 fully saturated rings. The Balaban J connectivity index is 2.84. The van der Waals surface area contributed by atoms with E-state index in [1.807, 2.05) is 25.1 Å². The van der Waals surface area contributed by atoms with Gasteiger partial charge in [0.05, 0.1) is 12.2 Å². The minimum absolute atomic E-state index is 0.0973. The summed E-state index contributed by atoms with van der Waals surface area (Å²) in [5.74, 6) is -0.0973. The lowest BCUT2D eigenvalue weighted by atomic mass is 9.95. The third-order valence-corrected chi connectivity index (χ3v) is 2.52. The maximum absolute atomic E-state index is 9.87. The molecule has 1 aromatic rings. The van der Waals surface area contributed by atoms with Crippen LogP contribution < -0.4 is 0 Å². The molecule has 14 heavy (non-hydrogen) atoms. The van der Waals surface area contributed by atoms with Crippen LogP contribution in [0.25, 0.3) is 0 Å². The number of nitriles is 1. The number of hydrogen-bond acceptors (Lipinski definition) is 2. The van der Waals surface area contributed by atoms with E-state index in [-0.39, 0.29) is 5.92 Å². The minimum Gasteiger partial charge on any atom is -0.388 e. The Hall–Kier alpha value is -1.04. The van der Waals surface area contributed by atoms with E-state index >= 15 is 0 Å². The van der Waals surface area contributed by atoms with Crippen LogP contribution in [0.5, 0.6) is 0 Å². The maximum atomic E-state index is 9.87. The van der Waals surface area contributed by atoms with Crippen LogP contribution >= 0.6 is 11.6 Å². The molecule has 0 aliphatic rings. The molecular weight excluding hydrogens is 198 g/mol. The summed E-state index contributed by atoms with van der Waals surface area (Å²) in [5.41, 5.74) is 0.692. The van der Waals surface area contributed by atoms with Crippen LogP contribution in [-0.2, 0) is 0 Å². The number of aliphatic hydroxyl groups is 1. The highest BCUT2D eigenvalue weighted by atomic mass is 35.5. The summed E-state index contributed by atoms with van der Waals surface area (Å²) < 4.78 is 0. The summed E-state index contributed by atoms with van der Waals surface area (Å²) in [6, 6.07) is 9.18. The lowest BCUT2D eigenvalue weighted by molar-refractivity contribution is 0.120. The highest BCUT2D eigenvalue weighted by molar-refractivity contribution is 6.31. The van der Waals surface area contributed by atoms with Crippen molar-refractivity contribution in [1.29, 1.82) is 5.26 Å². The molecule has 1 rings (SSSR count). The van der Waals surface area contributed by atoms with Gasteiger partial charge in [-0.05, 0) is 17.5 Å². The molecule has 0 bridgehead atoms. The Morgan fingerprint density at radius 1 is 1.50 bits per heavy atom. The van der Waals surface area contributed by atoms with Gasteiger partial charge in [0.25, 0.3) is 0 Å². The van der Waals surface area contributed by atoms with E-state index in [2.05, 4.69) is 0 Å². The first-order valence-electron chi connectivity index (χ1n) is 4.46. The molecule has 0 radical (unpaired) electrons. The van der Waals surface area contributed by atoms with Gasteiger partial charge in [0, 0.05) is 11.4 Å². The van der Waals surface area contributed by atoms with E-state index in [0.29, 0.717) is 17.0 Å². The van der Waals surface area contributed by atoms with Crippen LogP contribution in [0.1, 0.15) is 25.0 Å². The Kier molecular flexibility index (Phi) is 3.94. The normalized spacial score (nSPS) is 14.4. The number of halogens is 1. The van der Waals surface area contributed by atoms with Crippen molar-refractivity contribution in [3.05, 3.63) is 34.9 Å². The number of benzene rings is 1. The molecule has 1 aromatic carbocycles. The highest BCUT2D eigenvalue weighted by Crippen LogP contribution is 2.29. The molecule has 0 amide bonds. The van der Waals surface area contributed by atoms with Gasteiger partial charge in [-0.3, -0.25) is 0 Å². The van der Waals surface area contributed by atoms with Gasteiger partial charge < -0.3 is 5.11 Å². The quantitative estimate of drug-likeness (QED) is 0.832. The Bertz CT molecular complexity index is 345. The molecule has 0 saturated carbocycles. The SMILES string of the molecule is CC(CC#N)C(O)c1ccccc1Cl. The first kappa shape index (κ1) is 11.0. The fraction of sp³-hybridized carbons (Fsp3) is 0.364. The van der Waals surface area contributed by atoms with E-state index in [1.165, 1.54) is 0 Å². The average Bonchev–Trinajstić information content (AvgIpc) is 2.18. The molecule has 0 spiro atoms. The largest absolute Gasteiger partial charge is 0.388 e. The molecule has 2 unspecified atom stereocenters. The fourth-order valence-corrected chi connectivity index (χ4v) is 1.52. The number of rotatable bonds is 3. The molecule has 0 heterocycles. The van der Waals surface area contributed by atoms with Gasteiger partial charge in [0.1, 0.15) is 0 Å². The monoisotopic (exact) mass is 209 g/mol. The number of aliphatic hydroxyl groups excluding tert-OH is 1. The molecular formula is C11H12ClNO. The van der Waals surface area contributed by atoms with Crippen LogP contribution in [0.2, 0.25) is 5.02 Å². The molecule has 0 aromatic heterocycles. The lowest BCUT2D eigenvalue weighted by Gasteiger charge is -2.17. The van der Waals surface area contributed by atoms with Crippen molar-refractivity contribution in [2.24, 2.45) is 5.92 Å². The fourth-order valence-electron chi connectivity index (χ4n) is 1.28. The second-order valence-corrected chi connectivity index (χ2v) is 3.71. The molecule has 0 aliphatic heterocycles. The summed E-state index contributed by atoms with van der Waals surface area (Å²) in [7, 11) is 0. The summed E-state index contributed by atoms with van der Waals surface area (Å²) in [5, 5.41) is 18.9.